The molecule has 4 rings (SSSR count). The largest absolute Gasteiger partial charge is 0.464 e. The molecule has 0 aliphatic carbocycles. The van der Waals surface area contributed by atoms with Crippen LogP contribution in [0.3, 0.4) is 0 Å². The summed E-state index contributed by atoms with van der Waals surface area (Å²) in [5, 5.41) is 1.04. The van der Waals surface area contributed by atoms with Gasteiger partial charge in [0.05, 0.1) is 25.9 Å². The van der Waals surface area contributed by atoms with E-state index in [1.807, 2.05) is 11.0 Å². The standard InChI is InChI=1S/C19H23NO4/c1-13-9-16-15(12-22-17(16)10-14(13)2)11-18(21)20-5-3-19(4-6-20)23-7-8-24-19/h9-10,12H,3-8,11H2,1-2H3. The first kappa shape index (κ1) is 15.7. The van der Waals surface area contributed by atoms with Gasteiger partial charge in [0.25, 0.3) is 0 Å². The molecular weight excluding hydrogens is 306 g/mol. The SMILES string of the molecule is Cc1cc2occ(CC(=O)N3CCC4(CC3)OCCO4)c2cc1C. The van der Waals surface area contributed by atoms with Crippen molar-refractivity contribution in [2.45, 2.75) is 38.9 Å². The molecule has 1 amide bonds. The van der Waals surface area contributed by atoms with Gasteiger partial charge in [0.1, 0.15) is 5.58 Å². The average Bonchev–Trinajstić information content (AvgIpc) is 3.17. The van der Waals surface area contributed by atoms with Gasteiger partial charge in [0.15, 0.2) is 5.79 Å². The number of nitrogens with zero attached hydrogens (tertiary/aromatic N) is 1. The van der Waals surface area contributed by atoms with Crippen molar-refractivity contribution in [2.24, 2.45) is 0 Å². The number of ether oxygens (including phenoxy) is 2. The van der Waals surface area contributed by atoms with Crippen LogP contribution in [0.15, 0.2) is 22.8 Å². The lowest BCUT2D eigenvalue weighted by molar-refractivity contribution is -0.187. The number of aryl methyl sites for hydroxylation is 2. The van der Waals surface area contributed by atoms with Crippen molar-refractivity contribution in [1.82, 2.24) is 4.90 Å². The molecule has 128 valence electrons. The summed E-state index contributed by atoms with van der Waals surface area (Å²) < 4.78 is 17.1. The molecular formula is C19H23NO4. The summed E-state index contributed by atoms with van der Waals surface area (Å²) in [6.07, 6.45) is 3.60. The Morgan fingerprint density at radius 1 is 1.12 bits per heavy atom. The van der Waals surface area contributed by atoms with E-state index in [4.69, 9.17) is 13.9 Å². The van der Waals surface area contributed by atoms with Gasteiger partial charge in [-0.15, -0.1) is 0 Å². The number of amides is 1. The van der Waals surface area contributed by atoms with Crippen molar-refractivity contribution in [3.8, 4) is 0 Å². The molecule has 24 heavy (non-hydrogen) atoms. The summed E-state index contributed by atoms with van der Waals surface area (Å²) in [5.74, 6) is -0.294. The van der Waals surface area contributed by atoms with Crippen LogP contribution in [0.5, 0.6) is 0 Å². The molecule has 0 saturated carbocycles. The number of benzene rings is 1. The highest BCUT2D eigenvalue weighted by atomic mass is 16.7. The van der Waals surface area contributed by atoms with Gasteiger partial charge in [-0.25, -0.2) is 0 Å². The Morgan fingerprint density at radius 3 is 2.50 bits per heavy atom. The van der Waals surface area contributed by atoms with E-state index in [0.717, 1.165) is 29.4 Å². The number of carbonyl (C=O) groups is 1. The Balaban J connectivity index is 1.46. The van der Waals surface area contributed by atoms with Crippen LogP contribution < -0.4 is 0 Å². The smallest absolute Gasteiger partial charge is 0.227 e. The van der Waals surface area contributed by atoms with Gasteiger partial charge < -0.3 is 18.8 Å². The lowest BCUT2D eigenvalue weighted by atomic mass is 10.0. The normalized spacial score (nSPS) is 20.2. The summed E-state index contributed by atoms with van der Waals surface area (Å²) in [6, 6.07) is 4.15. The van der Waals surface area contributed by atoms with Crippen molar-refractivity contribution in [3.05, 3.63) is 35.1 Å². The zero-order valence-electron chi connectivity index (χ0n) is 14.3. The lowest BCUT2D eigenvalue weighted by Gasteiger charge is -2.37. The van der Waals surface area contributed by atoms with E-state index in [-0.39, 0.29) is 5.91 Å². The summed E-state index contributed by atoms with van der Waals surface area (Å²) in [7, 11) is 0. The quantitative estimate of drug-likeness (QED) is 0.850. The molecule has 2 fully saturated rings. The monoisotopic (exact) mass is 329 g/mol. The molecule has 0 bridgehead atoms. The maximum atomic E-state index is 12.7. The second kappa shape index (κ2) is 5.90. The second-order valence-electron chi connectivity index (χ2n) is 6.86. The summed E-state index contributed by atoms with van der Waals surface area (Å²) in [6.45, 7) is 6.85. The lowest BCUT2D eigenvalue weighted by Crippen LogP contribution is -2.47. The number of hydrogen-bond donors (Lipinski definition) is 0. The predicted octanol–water partition coefficient (Wildman–Crippen LogP) is 2.96. The van der Waals surface area contributed by atoms with Crippen LogP contribution in [0.25, 0.3) is 11.0 Å². The number of fused-ring (bicyclic) bond motifs is 1. The van der Waals surface area contributed by atoms with E-state index in [1.54, 1.807) is 6.26 Å². The molecule has 0 N–H and O–H groups in total. The van der Waals surface area contributed by atoms with Crippen LogP contribution in [0, 0.1) is 13.8 Å². The van der Waals surface area contributed by atoms with Crippen LogP contribution in [0.2, 0.25) is 0 Å². The molecule has 3 heterocycles. The number of furan rings is 1. The summed E-state index contributed by atoms with van der Waals surface area (Å²) >= 11 is 0. The van der Waals surface area contributed by atoms with Crippen molar-refractivity contribution < 1.29 is 18.7 Å². The van der Waals surface area contributed by atoms with Crippen LogP contribution in [0.4, 0.5) is 0 Å². The fraction of sp³-hybridized carbons (Fsp3) is 0.526. The summed E-state index contributed by atoms with van der Waals surface area (Å²) in [4.78, 5) is 14.6. The van der Waals surface area contributed by atoms with Gasteiger partial charge in [-0.2, -0.15) is 0 Å². The van der Waals surface area contributed by atoms with Crippen LogP contribution in [-0.2, 0) is 20.7 Å². The van der Waals surface area contributed by atoms with E-state index in [0.29, 0.717) is 32.7 Å². The molecule has 2 aliphatic rings. The third-order valence-electron chi connectivity index (χ3n) is 5.30. The molecule has 0 atom stereocenters. The Hall–Kier alpha value is -1.85. The minimum Gasteiger partial charge on any atom is -0.464 e. The van der Waals surface area contributed by atoms with E-state index in [2.05, 4.69) is 19.9 Å². The van der Waals surface area contributed by atoms with Crippen LogP contribution in [-0.4, -0.2) is 42.9 Å². The molecule has 1 aromatic heterocycles. The number of rotatable bonds is 2. The van der Waals surface area contributed by atoms with Gasteiger partial charge in [0.2, 0.25) is 5.91 Å². The van der Waals surface area contributed by atoms with E-state index < -0.39 is 5.79 Å². The molecule has 0 unspecified atom stereocenters. The molecule has 0 radical (unpaired) electrons. The van der Waals surface area contributed by atoms with Gasteiger partial charge in [-0.1, -0.05) is 0 Å². The van der Waals surface area contributed by atoms with E-state index >= 15 is 0 Å². The topological polar surface area (TPSA) is 51.9 Å². The summed E-state index contributed by atoms with van der Waals surface area (Å²) in [5.41, 5.74) is 4.23. The highest BCUT2D eigenvalue weighted by Gasteiger charge is 2.40. The molecule has 2 aliphatic heterocycles. The Labute approximate surface area is 141 Å². The Kier molecular flexibility index (Phi) is 3.85. The maximum absolute atomic E-state index is 12.7. The zero-order chi connectivity index (χ0) is 16.7. The Bertz CT molecular complexity index is 763. The van der Waals surface area contributed by atoms with Gasteiger partial charge in [0, 0.05) is 36.9 Å². The highest BCUT2D eigenvalue weighted by molar-refractivity contribution is 5.88. The fourth-order valence-corrected chi connectivity index (χ4v) is 3.63. The fourth-order valence-electron chi connectivity index (χ4n) is 3.63. The predicted molar refractivity (Wildman–Crippen MR) is 89.8 cm³/mol. The number of likely N-dealkylation sites (tertiary alicyclic amines) is 1. The van der Waals surface area contributed by atoms with Gasteiger partial charge in [-0.3, -0.25) is 4.79 Å². The van der Waals surface area contributed by atoms with Crippen molar-refractivity contribution in [2.75, 3.05) is 26.3 Å². The van der Waals surface area contributed by atoms with Crippen molar-refractivity contribution in [1.29, 1.82) is 0 Å². The molecule has 2 saturated heterocycles. The van der Waals surface area contributed by atoms with Crippen LogP contribution in [0.1, 0.15) is 29.5 Å². The first-order chi connectivity index (χ1) is 11.6. The minimum absolute atomic E-state index is 0.142. The molecule has 5 nitrogen and oxygen atoms in total. The average molecular weight is 329 g/mol. The van der Waals surface area contributed by atoms with E-state index in [1.165, 1.54) is 11.1 Å². The Morgan fingerprint density at radius 2 is 1.79 bits per heavy atom. The molecule has 1 aromatic carbocycles. The van der Waals surface area contributed by atoms with Crippen molar-refractivity contribution >= 4 is 16.9 Å². The van der Waals surface area contributed by atoms with Gasteiger partial charge >= 0.3 is 0 Å². The molecule has 5 heteroatoms. The number of piperidine rings is 1. The van der Waals surface area contributed by atoms with Crippen molar-refractivity contribution in [3.63, 3.8) is 0 Å². The minimum atomic E-state index is -0.437. The third kappa shape index (κ3) is 2.72. The second-order valence-corrected chi connectivity index (χ2v) is 6.86. The number of carbonyl (C=O) groups excluding carboxylic acids is 1. The first-order valence-corrected chi connectivity index (χ1v) is 8.59. The van der Waals surface area contributed by atoms with Crippen LogP contribution >= 0.6 is 0 Å². The van der Waals surface area contributed by atoms with Gasteiger partial charge in [-0.05, 0) is 37.1 Å². The zero-order valence-corrected chi connectivity index (χ0v) is 14.3. The molecule has 1 spiro atoms. The maximum Gasteiger partial charge on any atom is 0.227 e. The highest BCUT2D eigenvalue weighted by Crippen LogP contribution is 2.32. The number of hydrogen-bond acceptors (Lipinski definition) is 4. The first-order valence-electron chi connectivity index (χ1n) is 8.59. The third-order valence-corrected chi connectivity index (χ3v) is 5.30. The molecule has 2 aromatic rings. The van der Waals surface area contributed by atoms with E-state index in [9.17, 15) is 4.79 Å².